The van der Waals surface area contributed by atoms with Crippen LogP contribution in [-0.2, 0) is 11.3 Å². The molecule has 3 amide bonds. The number of amides is 3. The number of ether oxygens (including phenoxy) is 2. The lowest BCUT2D eigenvalue weighted by Gasteiger charge is -2.11. The first-order valence-corrected chi connectivity index (χ1v) is 9.74. The largest absolute Gasteiger partial charge is 0.493 e. The zero-order valence-electron chi connectivity index (χ0n) is 17.4. The molecule has 0 aliphatic rings. The molecular weight excluding hydrogens is 406 g/mol. The number of halogens is 1. The molecule has 0 atom stereocenters. The molecule has 0 spiro atoms. The topological polar surface area (TPSA) is 88.7 Å². The molecule has 0 bridgehead atoms. The van der Waals surface area contributed by atoms with E-state index in [1.807, 2.05) is 26.0 Å². The lowest BCUT2D eigenvalue weighted by atomic mass is 10.1. The SMILES string of the molecule is COc1cc(C=CC(=O)NCc2ccc(NC(=O)NC(C)C)cc2)cc(Cl)c1OC. The van der Waals surface area contributed by atoms with Crippen molar-refractivity contribution in [3.05, 3.63) is 58.6 Å². The number of hydrogen-bond acceptors (Lipinski definition) is 4. The molecule has 0 radical (unpaired) electrons. The summed E-state index contributed by atoms with van der Waals surface area (Å²) >= 11 is 6.17. The predicted octanol–water partition coefficient (Wildman–Crippen LogP) is 4.22. The van der Waals surface area contributed by atoms with Gasteiger partial charge in [-0.2, -0.15) is 0 Å². The van der Waals surface area contributed by atoms with Gasteiger partial charge in [0.1, 0.15) is 0 Å². The third-order valence-electron chi connectivity index (χ3n) is 3.98. The maximum absolute atomic E-state index is 12.1. The summed E-state index contributed by atoms with van der Waals surface area (Å²) in [5.41, 5.74) is 2.29. The summed E-state index contributed by atoms with van der Waals surface area (Å²) in [6.07, 6.45) is 3.06. The van der Waals surface area contributed by atoms with Gasteiger partial charge in [-0.15, -0.1) is 0 Å². The number of nitrogens with one attached hydrogen (secondary N) is 3. The number of benzene rings is 2. The van der Waals surface area contributed by atoms with Crippen molar-refractivity contribution in [3.8, 4) is 11.5 Å². The van der Waals surface area contributed by atoms with E-state index in [0.29, 0.717) is 34.3 Å². The van der Waals surface area contributed by atoms with Crippen LogP contribution >= 0.6 is 11.6 Å². The van der Waals surface area contributed by atoms with Gasteiger partial charge in [-0.25, -0.2) is 4.79 Å². The summed E-state index contributed by atoms with van der Waals surface area (Å²) in [7, 11) is 3.03. The van der Waals surface area contributed by atoms with E-state index in [1.165, 1.54) is 20.3 Å². The molecule has 0 saturated heterocycles. The van der Waals surface area contributed by atoms with Crippen LogP contribution in [0.5, 0.6) is 11.5 Å². The number of hydrogen-bond donors (Lipinski definition) is 3. The third-order valence-corrected chi connectivity index (χ3v) is 4.26. The standard InChI is InChI=1S/C22H26ClN3O4/c1-14(2)25-22(28)26-17-8-5-15(6-9-17)13-24-20(27)10-7-16-11-18(23)21(30-4)19(12-16)29-3/h5-12,14H,13H2,1-4H3,(H,24,27)(H2,25,26,28). The molecule has 0 aromatic heterocycles. The van der Waals surface area contributed by atoms with Gasteiger partial charge in [0.2, 0.25) is 5.91 Å². The summed E-state index contributed by atoms with van der Waals surface area (Å²) in [5, 5.41) is 8.70. The maximum atomic E-state index is 12.1. The van der Waals surface area contributed by atoms with E-state index in [4.69, 9.17) is 21.1 Å². The van der Waals surface area contributed by atoms with Crippen molar-refractivity contribution in [1.82, 2.24) is 10.6 Å². The highest BCUT2D eigenvalue weighted by atomic mass is 35.5. The second-order valence-electron chi connectivity index (χ2n) is 6.74. The van der Waals surface area contributed by atoms with Gasteiger partial charge < -0.3 is 25.4 Å². The molecule has 0 unspecified atom stereocenters. The minimum Gasteiger partial charge on any atom is -0.493 e. The first-order valence-electron chi connectivity index (χ1n) is 9.36. The maximum Gasteiger partial charge on any atom is 0.319 e. The van der Waals surface area contributed by atoms with Gasteiger partial charge in [0, 0.05) is 24.4 Å². The summed E-state index contributed by atoms with van der Waals surface area (Å²) in [5.74, 6) is 0.681. The Morgan fingerprint density at radius 1 is 1.10 bits per heavy atom. The van der Waals surface area contributed by atoms with E-state index in [1.54, 1.807) is 30.3 Å². The van der Waals surface area contributed by atoms with Crippen molar-refractivity contribution in [3.63, 3.8) is 0 Å². The number of carbonyl (C=O) groups excluding carboxylic acids is 2. The molecule has 0 saturated carbocycles. The molecule has 0 heterocycles. The van der Waals surface area contributed by atoms with E-state index in [-0.39, 0.29) is 18.0 Å². The fourth-order valence-electron chi connectivity index (χ4n) is 2.59. The number of methoxy groups -OCH3 is 2. The van der Waals surface area contributed by atoms with Gasteiger partial charge in [0.15, 0.2) is 11.5 Å². The van der Waals surface area contributed by atoms with Crippen LogP contribution in [0.15, 0.2) is 42.5 Å². The molecular formula is C22H26ClN3O4. The van der Waals surface area contributed by atoms with E-state index in [0.717, 1.165) is 5.56 Å². The Balaban J connectivity index is 1.90. The van der Waals surface area contributed by atoms with Crippen molar-refractivity contribution in [1.29, 1.82) is 0 Å². The van der Waals surface area contributed by atoms with Crippen molar-refractivity contribution < 1.29 is 19.1 Å². The molecule has 0 aliphatic heterocycles. The van der Waals surface area contributed by atoms with Crippen LogP contribution in [-0.4, -0.2) is 32.2 Å². The monoisotopic (exact) mass is 431 g/mol. The van der Waals surface area contributed by atoms with Crippen LogP contribution in [0.4, 0.5) is 10.5 Å². The Labute approximate surface area is 181 Å². The van der Waals surface area contributed by atoms with Crippen LogP contribution < -0.4 is 25.4 Å². The highest BCUT2D eigenvalue weighted by molar-refractivity contribution is 6.32. The van der Waals surface area contributed by atoms with Crippen LogP contribution in [0, 0.1) is 0 Å². The normalized spacial score (nSPS) is 10.7. The highest BCUT2D eigenvalue weighted by Gasteiger charge is 2.10. The Hall–Kier alpha value is -3.19. The minimum absolute atomic E-state index is 0.0579. The molecule has 2 aromatic carbocycles. The zero-order chi connectivity index (χ0) is 22.1. The fourth-order valence-corrected chi connectivity index (χ4v) is 2.89. The molecule has 0 fully saturated rings. The van der Waals surface area contributed by atoms with E-state index in [9.17, 15) is 9.59 Å². The second-order valence-corrected chi connectivity index (χ2v) is 7.15. The van der Waals surface area contributed by atoms with Crippen molar-refractivity contribution in [2.45, 2.75) is 26.4 Å². The van der Waals surface area contributed by atoms with Gasteiger partial charge in [-0.3, -0.25) is 4.79 Å². The third kappa shape index (κ3) is 7.00. The summed E-state index contributed by atoms with van der Waals surface area (Å²) in [6.45, 7) is 4.13. The molecule has 2 rings (SSSR count). The van der Waals surface area contributed by atoms with Crippen molar-refractivity contribution >= 4 is 35.3 Å². The second kappa shape index (κ2) is 11.1. The highest BCUT2D eigenvalue weighted by Crippen LogP contribution is 2.36. The Bertz CT molecular complexity index is 911. The zero-order valence-corrected chi connectivity index (χ0v) is 18.2. The summed E-state index contributed by atoms with van der Waals surface area (Å²) in [4.78, 5) is 23.8. The van der Waals surface area contributed by atoms with Gasteiger partial charge in [-0.1, -0.05) is 23.7 Å². The lowest BCUT2D eigenvalue weighted by molar-refractivity contribution is -0.116. The average Bonchev–Trinajstić information content (AvgIpc) is 2.70. The molecule has 8 heteroatoms. The lowest BCUT2D eigenvalue weighted by Crippen LogP contribution is -2.34. The van der Waals surface area contributed by atoms with Gasteiger partial charge in [0.05, 0.1) is 19.2 Å². The van der Waals surface area contributed by atoms with Crippen molar-refractivity contribution in [2.75, 3.05) is 19.5 Å². The van der Waals surface area contributed by atoms with Crippen LogP contribution in [0.2, 0.25) is 5.02 Å². The molecule has 7 nitrogen and oxygen atoms in total. The predicted molar refractivity (Wildman–Crippen MR) is 119 cm³/mol. The minimum atomic E-state index is -0.258. The van der Waals surface area contributed by atoms with Gasteiger partial charge in [-0.05, 0) is 55.3 Å². The quantitative estimate of drug-likeness (QED) is 0.546. The number of carbonyl (C=O) groups is 2. The molecule has 2 aromatic rings. The Kier molecular flexibility index (Phi) is 8.55. The Morgan fingerprint density at radius 2 is 1.80 bits per heavy atom. The van der Waals surface area contributed by atoms with Gasteiger partial charge >= 0.3 is 6.03 Å². The molecule has 30 heavy (non-hydrogen) atoms. The average molecular weight is 432 g/mol. The first-order chi connectivity index (χ1) is 14.3. The molecule has 160 valence electrons. The van der Waals surface area contributed by atoms with Gasteiger partial charge in [0.25, 0.3) is 0 Å². The van der Waals surface area contributed by atoms with Crippen molar-refractivity contribution in [2.24, 2.45) is 0 Å². The fraction of sp³-hybridized carbons (Fsp3) is 0.273. The molecule has 0 aliphatic carbocycles. The van der Waals surface area contributed by atoms with Crippen LogP contribution in [0.1, 0.15) is 25.0 Å². The molecule has 3 N–H and O–H groups in total. The first kappa shape index (κ1) is 23.1. The van der Waals surface area contributed by atoms with E-state index in [2.05, 4.69) is 16.0 Å². The Morgan fingerprint density at radius 3 is 2.40 bits per heavy atom. The van der Waals surface area contributed by atoms with Crippen LogP contribution in [0.3, 0.4) is 0 Å². The number of anilines is 1. The smallest absolute Gasteiger partial charge is 0.319 e. The number of rotatable bonds is 8. The summed E-state index contributed by atoms with van der Waals surface area (Å²) < 4.78 is 10.4. The summed E-state index contributed by atoms with van der Waals surface area (Å²) in [6, 6.07) is 10.5. The van der Waals surface area contributed by atoms with E-state index < -0.39 is 0 Å². The van der Waals surface area contributed by atoms with Crippen LogP contribution in [0.25, 0.3) is 6.08 Å². The van der Waals surface area contributed by atoms with E-state index >= 15 is 0 Å². The number of urea groups is 1.